The summed E-state index contributed by atoms with van der Waals surface area (Å²) in [5.74, 6) is 1.76. The molecule has 666 valence electrons. The Labute approximate surface area is 814 Å². The Hall–Kier alpha value is -17.9. The first kappa shape index (κ1) is 87.4. The smallest absolute Gasteiger partial charge is 0.160 e. The molecule has 0 N–H and O–H groups in total. The van der Waals surface area contributed by atoms with Crippen LogP contribution in [0.2, 0.25) is 0 Å². The van der Waals surface area contributed by atoms with Gasteiger partial charge in [-0.05, 0) is 181 Å². The third kappa shape index (κ3) is 18.4. The average molecular weight is 1800 g/mol. The number of rotatable bonds is 16. The highest BCUT2D eigenvalue weighted by Gasteiger charge is 2.21. The van der Waals surface area contributed by atoms with Crippen LogP contribution in [0, 0.1) is 34.6 Å². The van der Waals surface area contributed by atoms with Gasteiger partial charge in [0.15, 0.2) is 11.6 Å². The van der Waals surface area contributed by atoms with E-state index in [1.807, 2.05) is 99.6 Å². The Morgan fingerprint density at radius 2 is 0.393 bits per heavy atom. The van der Waals surface area contributed by atoms with Gasteiger partial charge >= 0.3 is 0 Å². The molecule has 0 bridgehead atoms. The molecule has 0 amide bonds. The van der Waals surface area contributed by atoms with Crippen LogP contribution in [0.25, 0.3) is 234 Å². The average Bonchev–Trinajstić information content (AvgIpc) is 0.760. The number of fused-ring (bicyclic) bond motifs is 9. The monoisotopic (exact) mass is 1800 g/mol. The largest absolute Gasteiger partial charge is 0.251 e. The van der Waals surface area contributed by atoms with Crippen molar-refractivity contribution in [2.45, 2.75) is 54.4 Å². The molecule has 24 rings (SSSR count). The maximum absolute atomic E-state index is 5.23. The molecule has 140 heavy (non-hydrogen) atoms. The molecule has 0 aliphatic rings. The van der Waals surface area contributed by atoms with Gasteiger partial charge in [-0.3, -0.25) is 15.0 Å². The van der Waals surface area contributed by atoms with E-state index in [1.54, 1.807) is 0 Å². The van der Waals surface area contributed by atoms with Crippen LogP contribution in [-0.4, -0.2) is 54.8 Å². The summed E-state index contributed by atoms with van der Waals surface area (Å²) in [6, 6.07) is 154. The molecule has 0 radical (unpaired) electrons. The van der Waals surface area contributed by atoms with E-state index in [1.165, 1.54) is 27.6 Å². The number of aryl methyl sites for hydroxylation is 5. The van der Waals surface area contributed by atoms with Gasteiger partial charge in [-0.1, -0.05) is 378 Å². The highest BCUT2D eigenvalue weighted by molar-refractivity contribution is 6.08. The first-order valence-electron chi connectivity index (χ1n) is 47.5. The molecule has 9 aromatic heterocycles. The molecule has 0 aliphatic heterocycles. The predicted octanol–water partition coefficient (Wildman–Crippen LogP) is 33.0. The summed E-state index contributed by atoms with van der Waals surface area (Å²) in [6.07, 6.45) is 0. The summed E-state index contributed by atoms with van der Waals surface area (Å²) in [5, 5.41) is 6.76. The van der Waals surface area contributed by atoms with E-state index in [-0.39, 0.29) is 0 Å². The van der Waals surface area contributed by atoms with Crippen molar-refractivity contribution in [1.29, 1.82) is 0 Å². The molecule has 0 spiro atoms. The van der Waals surface area contributed by atoms with Crippen LogP contribution in [0.5, 0.6) is 0 Å². The predicted molar refractivity (Wildman–Crippen MR) is 579 cm³/mol. The highest BCUT2D eigenvalue weighted by atomic mass is 14.9. The SMILES string of the molecule is Cc1ccc2ccc3c(C(C)C)cc(-c4cccc(-c5ccc(-c6nc(-c7ccccc7)cc(-c7ccccc7)n6)cc5)c4)nc3c2n1.Cc1ccc2ccc3c(C)cc(-c4cccc(-c5ccc(-c6cc(-c7ccccc7)cc(-c7ccccc7)n6)cc5)c4)nc3c2n1.Cc1ccc2ccc3c(C)cc(-c4cccc(-c5ccc(-c6cc(-c7ccccc7)nc(-c7ccccc7)n6)cc5)c4)nc3c2n1. The van der Waals surface area contributed by atoms with E-state index >= 15 is 0 Å². The molecule has 9 heterocycles. The number of benzene rings is 15. The van der Waals surface area contributed by atoms with Gasteiger partial charge < -0.3 is 0 Å². The Balaban J connectivity index is 0.000000121. The van der Waals surface area contributed by atoms with E-state index in [9.17, 15) is 0 Å². The second-order valence-electron chi connectivity index (χ2n) is 36.1. The summed E-state index contributed by atoms with van der Waals surface area (Å²) < 4.78 is 0. The van der Waals surface area contributed by atoms with Crippen LogP contribution in [0.15, 0.2) is 443 Å². The number of pyridine rings is 7. The highest BCUT2D eigenvalue weighted by Crippen LogP contribution is 2.41. The minimum Gasteiger partial charge on any atom is -0.251 e. The van der Waals surface area contributed by atoms with Crippen molar-refractivity contribution in [3.8, 4) is 169 Å². The second kappa shape index (κ2) is 38.4. The van der Waals surface area contributed by atoms with Crippen LogP contribution >= 0.6 is 0 Å². The zero-order chi connectivity index (χ0) is 94.7. The van der Waals surface area contributed by atoms with Gasteiger partial charge in [0.25, 0.3) is 0 Å². The summed E-state index contributed by atoms with van der Waals surface area (Å²) in [5.41, 5.74) is 41.5. The lowest BCUT2D eigenvalue weighted by atomic mass is 9.94. The first-order valence-corrected chi connectivity index (χ1v) is 47.5. The van der Waals surface area contributed by atoms with Gasteiger partial charge in [-0.25, -0.2) is 39.9 Å². The summed E-state index contributed by atoms with van der Waals surface area (Å²) in [4.78, 5) is 55.2. The third-order valence-electron chi connectivity index (χ3n) is 26.1. The van der Waals surface area contributed by atoms with Gasteiger partial charge in [-0.2, -0.15) is 0 Å². The third-order valence-corrected chi connectivity index (χ3v) is 26.1. The number of hydrogen-bond acceptors (Lipinski definition) is 11. The van der Waals surface area contributed by atoms with Crippen molar-refractivity contribution >= 4 is 65.4 Å². The molecule has 0 unspecified atom stereocenters. The number of nitrogens with zero attached hydrogens (tertiary/aromatic N) is 11. The second-order valence-corrected chi connectivity index (χ2v) is 36.1. The number of aromatic nitrogens is 11. The Morgan fingerprint density at radius 3 is 0.736 bits per heavy atom. The summed E-state index contributed by atoms with van der Waals surface area (Å²) in [7, 11) is 0. The maximum Gasteiger partial charge on any atom is 0.160 e. The zero-order valence-corrected chi connectivity index (χ0v) is 78.6. The maximum atomic E-state index is 5.23. The van der Waals surface area contributed by atoms with Gasteiger partial charge in [-0.15, -0.1) is 0 Å². The molecular weight excluding hydrogens is 1700 g/mol. The molecule has 11 heteroatoms. The Kier molecular flexibility index (Phi) is 24.0. The lowest BCUT2D eigenvalue weighted by Gasteiger charge is -2.15. The van der Waals surface area contributed by atoms with Gasteiger partial charge in [0.2, 0.25) is 0 Å². The lowest BCUT2D eigenvalue weighted by Crippen LogP contribution is -1.97. The van der Waals surface area contributed by atoms with Crippen molar-refractivity contribution in [3.05, 3.63) is 477 Å². The van der Waals surface area contributed by atoms with Crippen molar-refractivity contribution in [2.75, 3.05) is 0 Å². The van der Waals surface area contributed by atoms with Crippen LogP contribution < -0.4 is 0 Å². The summed E-state index contributed by atoms with van der Waals surface area (Å²) >= 11 is 0. The van der Waals surface area contributed by atoms with Crippen molar-refractivity contribution < 1.29 is 0 Å². The summed E-state index contributed by atoms with van der Waals surface area (Å²) in [6.45, 7) is 14.9. The molecule has 0 fully saturated rings. The Bertz CT molecular complexity index is 8250. The van der Waals surface area contributed by atoms with E-state index < -0.39 is 0 Å². The van der Waals surface area contributed by atoms with Crippen LogP contribution in [-0.2, 0) is 0 Å². The fourth-order valence-electron chi connectivity index (χ4n) is 18.6. The van der Waals surface area contributed by atoms with E-state index in [0.29, 0.717) is 17.6 Å². The van der Waals surface area contributed by atoms with E-state index in [4.69, 9.17) is 54.8 Å². The van der Waals surface area contributed by atoms with Gasteiger partial charge in [0, 0.05) is 111 Å². The molecule has 0 saturated heterocycles. The van der Waals surface area contributed by atoms with Crippen molar-refractivity contribution in [2.24, 2.45) is 0 Å². The van der Waals surface area contributed by atoms with E-state index in [0.717, 1.165) is 229 Å². The molecule has 0 atom stereocenters. The fraction of sp³-hybridized carbons (Fsp3) is 0.0620. The van der Waals surface area contributed by atoms with Crippen molar-refractivity contribution in [1.82, 2.24) is 54.8 Å². The topological polar surface area (TPSA) is 142 Å². The minimum absolute atomic E-state index is 0.345. The van der Waals surface area contributed by atoms with Crippen molar-refractivity contribution in [3.63, 3.8) is 0 Å². The zero-order valence-electron chi connectivity index (χ0n) is 78.6. The standard InChI is InChI=1S/C44H34N4.C43H31N3.C42H30N4/c1-28(2)38-26-39(46-43-37(38)24-23-33-18-17-29(3)45-42(33)43)36-16-10-15-35(25-36)30-19-21-34(22-20-30)44-47-40(31-11-6-4-7-12-31)27-41(48-44)32-13-8-5-9-14-32;1-28-24-39(46-43-38(28)23-22-34-17-16-29(2)44-42(34)43)36-15-9-14-35(25-36)31-18-20-33(21-19-31)41-27-37(30-10-5-3-6-11-30)26-40(45-41)32-12-7-4-8-13-32;1-27-24-37(44-41-36(27)23-22-32-17-16-28(2)43-40(32)41)35-15-9-14-34(25-35)29-18-20-31(21-19-29)39-26-38(30-10-5-3-6-11-30)45-42(46-39)33-12-7-4-8-13-33/h4-28H,1-3H3;3-27H,1-2H3;3-26H,1-2H3. The molecule has 15 aromatic carbocycles. The fourth-order valence-corrected chi connectivity index (χ4v) is 18.6. The molecule has 0 saturated carbocycles. The first-order chi connectivity index (χ1) is 68.7. The minimum atomic E-state index is 0.345. The molecule has 24 aromatic rings. The van der Waals surface area contributed by atoms with E-state index in [2.05, 4.69) is 392 Å². The van der Waals surface area contributed by atoms with Crippen LogP contribution in [0.4, 0.5) is 0 Å². The molecular formula is C129H95N11. The lowest BCUT2D eigenvalue weighted by molar-refractivity contribution is 0.875. The van der Waals surface area contributed by atoms with Gasteiger partial charge in [0.1, 0.15) is 0 Å². The molecule has 0 aliphatic carbocycles. The quantitative estimate of drug-likeness (QED) is 0.0853. The number of hydrogen-bond donors (Lipinski definition) is 0. The molecule has 11 nitrogen and oxygen atoms in total. The van der Waals surface area contributed by atoms with Gasteiger partial charge in [0.05, 0.1) is 84.3 Å². The Morgan fingerprint density at radius 1 is 0.150 bits per heavy atom. The van der Waals surface area contributed by atoms with Crippen LogP contribution in [0.1, 0.15) is 53.5 Å². The van der Waals surface area contributed by atoms with Crippen LogP contribution in [0.3, 0.4) is 0 Å². The normalized spacial score (nSPS) is 11.3.